The van der Waals surface area contributed by atoms with Gasteiger partial charge in [-0.25, -0.2) is 10.1 Å². The fourth-order valence-electron chi connectivity index (χ4n) is 3.05. The summed E-state index contributed by atoms with van der Waals surface area (Å²) < 4.78 is 6.99. The second kappa shape index (κ2) is 8.96. The SMILES string of the molecule is COc1ccc(-c2nn(-c3ccccc3)cc2C=NNC(=O)c2ccccc2O)cc1. The molecule has 0 unspecified atom stereocenters. The van der Waals surface area contributed by atoms with E-state index in [1.165, 1.54) is 18.3 Å². The van der Waals surface area contributed by atoms with Gasteiger partial charge in [0.1, 0.15) is 17.2 Å². The van der Waals surface area contributed by atoms with Gasteiger partial charge in [0.2, 0.25) is 0 Å². The van der Waals surface area contributed by atoms with E-state index in [2.05, 4.69) is 10.5 Å². The molecule has 0 fully saturated rings. The first-order chi connectivity index (χ1) is 15.2. The topological polar surface area (TPSA) is 88.7 Å². The van der Waals surface area contributed by atoms with Crippen LogP contribution in [0.25, 0.3) is 16.9 Å². The summed E-state index contributed by atoms with van der Waals surface area (Å²) in [5, 5.41) is 18.6. The quantitative estimate of drug-likeness (QED) is 0.370. The number of benzene rings is 3. The van der Waals surface area contributed by atoms with Crippen LogP contribution < -0.4 is 10.2 Å². The molecular formula is C24H20N4O3. The number of hydrogen-bond acceptors (Lipinski definition) is 5. The average molecular weight is 412 g/mol. The molecule has 0 aliphatic carbocycles. The van der Waals surface area contributed by atoms with Crippen LogP contribution in [0.15, 0.2) is 90.2 Å². The van der Waals surface area contributed by atoms with E-state index in [1.54, 1.807) is 23.9 Å². The predicted molar refractivity (Wildman–Crippen MR) is 119 cm³/mol. The van der Waals surface area contributed by atoms with Crippen LogP contribution in [-0.2, 0) is 0 Å². The first-order valence-electron chi connectivity index (χ1n) is 9.56. The van der Waals surface area contributed by atoms with Crippen molar-refractivity contribution < 1.29 is 14.6 Å². The van der Waals surface area contributed by atoms with Gasteiger partial charge in [0.25, 0.3) is 5.91 Å². The summed E-state index contributed by atoms with van der Waals surface area (Å²) in [4.78, 5) is 12.3. The summed E-state index contributed by atoms with van der Waals surface area (Å²) in [7, 11) is 1.62. The monoisotopic (exact) mass is 412 g/mol. The van der Waals surface area contributed by atoms with Gasteiger partial charge in [0.05, 0.1) is 24.6 Å². The van der Waals surface area contributed by atoms with Crippen molar-refractivity contribution in [1.82, 2.24) is 15.2 Å². The number of phenols is 1. The molecule has 0 saturated carbocycles. The van der Waals surface area contributed by atoms with E-state index in [0.29, 0.717) is 11.3 Å². The summed E-state index contributed by atoms with van der Waals surface area (Å²) in [5.74, 6) is 0.137. The molecule has 154 valence electrons. The maximum absolute atomic E-state index is 12.3. The zero-order valence-corrected chi connectivity index (χ0v) is 16.8. The van der Waals surface area contributed by atoms with E-state index in [-0.39, 0.29) is 11.3 Å². The Labute approximate surface area is 179 Å². The molecule has 1 heterocycles. The van der Waals surface area contributed by atoms with Crippen LogP contribution in [0.4, 0.5) is 0 Å². The molecule has 4 aromatic rings. The number of methoxy groups -OCH3 is 1. The molecule has 0 aliphatic rings. The Kier molecular flexibility index (Phi) is 5.75. The average Bonchev–Trinajstić information content (AvgIpc) is 3.24. The van der Waals surface area contributed by atoms with Crippen molar-refractivity contribution in [3.05, 3.63) is 96.2 Å². The Morgan fingerprint density at radius 2 is 1.74 bits per heavy atom. The molecule has 0 radical (unpaired) electrons. The molecule has 7 heteroatoms. The molecule has 7 nitrogen and oxygen atoms in total. The first-order valence-corrected chi connectivity index (χ1v) is 9.56. The van der Waals surface area contributed by atoms with Gasteiger partial charge in [0, 0.05) is 17.3 Å². The maximum Gasteiger partial charge on any atom is 0.275 e. The lowest BCUT2D eigenvalue weighted by Gasteiger charge is -2.03. The second-order valence-electron chi connectivity index (χ2n) is 6.66. The normalized spacial score (nSPS) is 10.9. The lowest BCUT2D eigenvalue weighted by molar-refractivity contribution is 0.0952. The number of phenolic OH excluding ortho intramolecular Hbond substituents is 1. The van der Waals surface area contributed by atoms with Gasteiger partial charge in [-0.05, 0) is 48.5 Å². The molecule has 1 amide bonds. The smallest absolute Gasteiger partial charge is 0.275 e. The van der Waals surface area contributed by atoms with Crippen LogP contribution in [0.2, 0.25) is 0 Å². The number of carbonyl (C=O) groups is 1. The van der Waals surface area contributed by atoms with E-state index in [0.717, 1.165) is 17.0 Å². The second-order valence-corrected chi connectivity index (χ2v) is 6.66. The van der Waals surface area contributed by atoms with Gasteiger partial charge >= 0.3 is 0 Å². The Bertz CT molecular complexity index is 1220. The minimum absolute atomic E-state index is 0.106. The van der Waals surface area contributed by atoms with E-state index in [1.807, 2.05) is 60.8 Å². The van der Waals surface area contributed by atoms with E-state index in [9.17, 15) is 9.90 Å². The van der Waals surface area contributed by atoms with Gasteiger partial charge in [-0.15, -0.1) is 0 Å². The Balaban J connectivity index is 1.64. The highest BCUT2D eigenvalue weighted by Gasteiger charge is 2.12. The number of para-hydroxylation sites is 2. The van der Waals surface area contributed by atoms with Gasteiger partial charge in [-0.1, -0.05) is 30.3 Å². The van der Waals surface area contributed by atoms with Crippen molar-refractivity contribution in [3.8, 4) is 28.4 Å². The summed E-state index contributed by atoms with van der Waals surface area (Å²) >= 11 is 0. The predicted octanol–water partition coefficient (Wildman–Crippen LogP) is 4.02. The highest BCUT2D eigenvalue weighted by Crippen LogP contribution is 2.25. The number of ether oxygens (including phenoxy) is 1. The third kappa shape index (κ3) is 4.45. The molecule has 0 spiro atoms. The summed E-state index contributed by atoms with van der Waals surface area (Å²) in [6.07, 6.45) is 3.37. The van der Waals surface area contributed by atoms with Gasteiger partial charge in [0.15, 0.2) is 0 Å². The molecule has 4 rings (SSSR count). The van der Waals surface area contributed by atoms with Crippen molar-refractivity contribution in [2.24, 2.45) is 5.10 Å². The van der Waals surface area contributed by atoms with Crippen molar-refractivity contribution >= 4 is 12.1 Å². The Morgan fingerprint density at radius 3 is 2.45 bits per heavy atom. The molecule has 1 aromatic heterocycles. The minimum atomic E-state index is -0.504. The van der Waals surface area contributed by atoms with Crippen LogP contribution in [0.3, 0.4) is 0 Å². The fourth-order valence-corrected chi connectivity index (χ4v) is 3.05. The number of hydrazone groups is 1. The molecule has 3 aromatic carbocycles. The zero-order valence-electron chi connectivity index (χ0n) is 16.8. The third-order valence-electron chi connectivity index (χ3n) is 4.65. The van der Waals surface area contributed by atoms with Crippen molar-refractivity contribution in [2.75, 3.05) is 7.11 Å². The number of nitrogens with zero attached hydrogens (tertiary/aromatic N) is 3. The van der Waals surface area contributed by atoms with Gasteiger partial charge in [-0.3, -0.25) is 4.79 Å². The standard InChI is InChI=1S/C24H20N4O3/c1-31-20-13-11-17(12-14-20)23-18(16-28(27-23)19-7-3-2-4-8-19)15-25-26-24(30)21-9-5-6-10-22(21)29/h2-16,29H,1H3,(H,26,30). The van der Waals surface area contributed by atoms with Crippen molar-refractivity contribution in [2.45, 2.75) is 0 Å². The minimum Gasteiger partial charge on any atom is -0.507 e. The Hall–Kier alpha value is -4.39. The van der Waals surface area contributed by atoms with Crippen LogP contribution in [-0.4, -0.2) is 34.1 Å². The lowest BCUT2D eigenvalue weighted by atomic mass is 10.1. The van der Waals surface area contributed by atoms with E-state index < -0.39 is 5.91 Å². The number of carbonyl (C=O) groups excluding carboxylic acids is 1. The summed E-state index contributed by atoms with van der Waals surface area (Å²) in [6, 6.07) is 23.5. The fraction of sp³-hybridized carbons (Fsp3) is 0.0417. The highest BCUT2D eigenvalue weighted by molar-refractivity contribution is 5.97. The molecule has 2 N–H and O–H groups in total. The summed E-state index contributed by atoms with van der Waals surface area (Å²) in [6.45, 7) is 0. The molecular weight excluding hydrogens is 392 g/mol. The lowest BCUT2D eigenvalue weighted by Crippen LogP contribution is -2.17. The highest BCUT2D eigenvalue weighted by atomic mass is 16.5. The first kappa shape index (κ1) is 19.9. The van der Waals surface area contributed by atoms with Gasteiger partial charge in [-0.2, -0.15) is 10.2 Å². The Morgan fingerprint density at radius 1 is 1.03 bits per heavy atom. The third-order valence-corrected chi connectivity index (χ3v) is 4.65. The number of amides is 1. The summed E-state index contributed by atoms with van der Waals surface area (Å²) in [5.41, 5.74) is 5.79. The number of nitrogens with one attached hydrogen (secondary N) is 1. The number of aromatic hydroxyl groups is 1. The zero-order chi connectivity index (χ0) is 21.6. The van der Waals surface area contributed by atoms with Gasteiger partial charge < -0.3 is 9.84 Å². The van der Waals surface area contributed by atoms with E-state index in [4.69, 9.17) is 9.84 Å². The van der Waals surface area contributed by atoms with Crippen LogP contribution in [0.1, 0.15) is 15.9 Å². The largest absolute Gasteiger partial charge is 0.507 e. The van der Waals surface area contributed by atoms with Crippen molar-refractivity contribution in [1.29, 1.82) is 0 Å². The van der Waals surface area contributed by atoms with E-state index >= 15 is 0 Å². The van der Waals surface area contributed by atoms with Crippen molar-refractivity contribution in [3.63, 3.8) is 0 Å². The van der Waals surface area contributed by atoms with Crippen LogP contribution in [0, 0.1) is 0 Å². The number of hydrogen-bond donors (Lipinski definition) is 2. The molecule has 0 saturated heterocycles. The van der Waals surface area contributed by atoms with Crippen LogP contribution >= 0.6 is 0 Å². The molecule has 31 heavy (non-hydrogen) atoms. The molecule has 0 bridgehead atoms. The molecule has 0 atom stereocenters. The number of aromatic nitrogens is 2. The number of rotatable bonds is 6. The van der Waals surface area contributed by atoms with Crippen LogP contribution in [0.5, 0.6) is 11.5 Å². The maximum atomic E-state index is 12.3. The molecule has 0 aliphatic heterocycles.